The first-order chi connectivity index (χ1) is 7.52. The third kappa shape index (κ3) is 4.30. The number of hydrogen-bond donors (Lipinski definition) is 2. The summed E-state index contributed by atoms with van der Waals surface area (Å²) in [5.41, 5.74) is 0. The van der Waals surface area contributed by atoms with Crippen LogP contribution in [0.25, 0.3) is 0 Å². The van der Waals surface area contributed by atoms with Gasteiger partial charge in [0.1, 0.15) is 0 Å². The summed E-state index contributed by atoms with van der Waals surface area (Å²) in [5, 5.41) is 0.0661. The summed E-state index contributed by atoms with van der Waals surface area (Å²) in [5.74, 6) is 0.448. The highest BCUT2D eigenvalue weighted by Crippen LogP contribution is 2.00. The number of hydrogen-bond acceptors (Lipinski definition) is 4. The molecular formula is C9H17N3O3S. The molecule has 0 fully saturated rings. The number of ether oxygens (including phenoxy) is 1. The van der Waals surface area contributed by atoms with Crippen LogP contribution >= 0.6 is 0 Å². The highest BCUT2D eigenvalue weighted by molar-refractivity contribution is 7.89. The first-order valence-corrected chi connectivity index (χ1v) is 6.56. The van der Waals surface area contributed by atoms with Gasteiger partial charge in [0.15, 0.2) is 5.03 Å². The minimum atomic E-state index is -3.47. The molecule has 0 bridgehead atoms. The highest BCUT2D eigenvalue weighted by Gasteiger charge is 2.14. The van der Waals surface area contributed by atoms with Gasteiger partial charge in [0, 0.05) is 13.2 Å². The Bertz CT molecular complexity index is 386. The van der Waals surface area contributed by atoms with E-state index < -0.39 is 10.0 Å². The van der Waals surface area contributed by atoms with Gasteiger partial charge in [-0.25, -0.2) is 18.1 Å². The van der Waals surface area contributed by atoms with Crippen molar-refractivity contribution in [1.29, 1.82) is 0 Å². The van der Waals surface area contributed by atoms with Crippen LogP contribution in [0.15, 0.2) is 17.6 Å². The maximum absolute atomic E-state index is 11.6. The third-order valence-electron chi connectivity index (χ3n) is 1.75. The van der Waals surface area contributed by atoms with Crippen molar-refractivity contribution in [3.8, 4) is 0 Å². The molecule has 0 radical (unpaired) electrons. The van der Waals surface area contributed by atoms with Crippen LogP contribution < -0.4 is 4.72 Å². The van der Waals surface area contributed by atoms with Crippen molar-refractivity contribution in [2.24, 2.45) is 5.92 Å². The van der Waals surface area contributed by atoms with Crippen LogP contribution in [0, 0.1) is 5.92 Å². The van der Waals surface area contributed by atoms with Crippen LogP contribution in [0.5, 0.6) is 0 Å². The molecule has 1 aromatic rings. The summed E-state index contributed by atoms with van der Waals surface area (Å²) in [4.78, 5) is 6.18. The quantitative estimate of drug-likeness (QED) is 0.681. The molecule has 2 N–H and O–H groups in total. The van der Waals surface area contributed by atoms with E-state index in [4.69, 9.17) is 4.74 Å². The maximum Gasteiger partial charge on any atom is 0.257 e. The van der Waals surface area contributed by atoms with Crippen molar-refractivity contribution < 1.29 is 13.2 Å². The smallest absolute Gasteiger partial charge is 0.257 e. The number of aromatic nitrogens is 2. The van der Waals surface area contributed by atoms with Gasteiger partial charge in [0.25, 0.3) is 10.0 Å². The lowest BCUT2D eigenvalue weighted by Gasteiger charge is -2.07. The fraction of sp³-hybridized carbons (Fsp3) is 0.667. The number of sulfonamides is 1. The van der Waals surface area contributed by atoms with E-state index in [-0.39, 0.29) is 11.6 Å². The van der Waals surface area contributed by atoms with Gasteiger partial charge in [-0.3, -0.25) is 0 Å². The minimum Gasteiger partial charge on any atom is -0.380 e. The Kier molecular flexibility index (Phi) is 4.91. The average molecular weight is 247 g/mol. The summed E-state index contributed by atoms with van der Waals surface area (Å²) in [7, 11) is -3.47. The molecule has 1 aromatic heterocycles. The van der Waals surface area contributed by atoms with E-state index in [0.29, 0.717) is 19.1 Å². The zero-order valence-corrected chi connectivity index (χ0v) is 10.3. The van der Waals surface area contributed by atoms with Gasteiger partial charge in [-0.05, 0) is 5.92 Å². The molecule has 0 spiro atoms. The molecule has 16 heavy (non-hydrogen) atoms. The van der Waals surface area contributed by atoms with E-state index in [1.165, 1.54) is 12.5 Å². The first kappa shape index (κ1) is 13.1. The molecule has 0 aromatic carbocycles. The minimum absolute atomic E-state index is 0.0661. The molecule has 1 heterocycles. The number of nitrogens with zero attached hydrogens (tertiary/aromatic N) is 1. The first-order valence-electron chi connectivity index (χ1n) is 5.08. The normalized spacial score (nSPS) is 12.2. The second kappa shape index (κ2) is 5.97. The van der Waals surface area contributed by atoms with Crippen LogP contribution in [0.4, 0.5) is 0 Å². The summed E-state index contributed by atoms with van der Waals surface area (Å²) in [6.07, 6.45) is 2.58. The van der Waals surface area contributed by atoms with Gasteiger partial charge in [0.05, 0.1) is 19.1 Å². The van der Waals surface area contributed by atoms with Crippen molar-refractivity contribution in [3.63, 3.8) is 0 Å². The molecule has 6 nitrogen and oxygen atoms in total. The fourth-order valence-corrected chi connectivity index (χ4v) is 1.95. The molecule has 92 valence electrons. The van der Waals surface area contributed by atoms with E-state index in [0.717, 1.165) is 0 Å². The lowest BCUT2D eigenvalue weighted by molar-refractivity contribution is 0.114. The predicted octanol–water partition coefficient (Wildman–Crippen LogP) is 0.361. The van der Waals surface area contributed by atoms with E-state index in [1.807, 2.05) is 13.8 Å². The largest absolute Gasteiger partial charge is 0.380 e. The van der Waals surface area contributed by atoms with Gasteiger partial charge >= 0.3 is 0 Å². The van der Waals surface area contributed by atoms with Crippen LogP contribution in [0.3, 0.4) is 0 Å². The van der Waals surface area contributed by atoms with Gasteiger partial charge in [-0.1, -0.05) is 13.8 Å². The van der Waals surface area contributed by atoms with Gasteiger partial charge in [-0.2, -0.15) is 0 Å². The topological polar surface area (TPSA) is 84.1 Å². The molecule has 0 unspecified atom stereocenters. The summed E-state index contributed by atoms with van der Waals surface area (Å²) in [6.45, 7) is 5.33. The Morgan fingerprint density at radius 3 is 2.88 bits per heavy atom. The summed E-state index contributed by atoms with van der Waals surface area (Å²) < 4.78 is 30.8. The summed E-state index contributed by atoms with van der Waals surface area (Å²) in [6, 6.07) is 0. The molecule has 0 aliphatic carbocycles. The lowest BCUT2D eigenvalue weighted by Crippen LogP contribution is -2.28. The van der Waals surface area contributed by atoms with Crippen molar-refractivity contribution in [1.82, 2.24) is 14.7 Å². The monoisotopic (exact) mass is 247 g/mol. The van der Waals surface area contributed by atoms with E-state index in [9.17, 15) is 8.42 Å². The lowest BCUT2D eigenvalue weighted by atomic mass is 10.2. The zero-order valence-electron chi connectivity index (χ0n) is 9.43. The molecule has 0 amide bonds. The van der Waals surface area contributed by atoms with Crippen molar-refractivity contribution in [3.05, 3.63) is 12.5 Å². The molecule has 7 heteroatoms. The Morgan fingerprint density at radius 1 is 1.56 bits per heavy atom. The van der Waals surface area contributed by atoms with E-state index >= 15 is 0 Å². The molecule has 0 aliphatic heterocycles. The Hall–Kier alpha value is -0.920. The van der Waals surface area contributed by atoms with E-state index in [2.05, 4.69) is 14.7 Å². The number of H-pyrrole nitrogens is 1. The fourth-order valence-electron chi connectivity index (χ4n) is 1.04. The summed E-state index contributed by atoms with van der Waals surface area (Å²) >= 11 is 0. The van der Waals surface area contributed by atoms with Crippen LogP contribution in [0.2, 0.25) is 0 Å². The number of nitrogens with one attached hydrogen (secondary N) is 2. The average Bonchev–Trinajstić information content (AvgIpc) is 2.69. The second-order valence-electron chi connectivity index (χ2n) is 3.78. The van der Waals surface area contributed by atoms with Crippen molar-refractivity contribution >= 4 is 10.0 Å². The molecule has 0 saturated heterocycles. The SMILES string of the molecule is CC(C)COCCNS(=O)(=O)c1cnc[nH]1. The molecule has 0 atom stereocenters. The van der Waals surface area contributed by atoms with Gasteiger partial charge in [0.2, 0.25) is 0 Å². The van der Waals surface area contributed by atoms with Crippen LogP contribution in [-0.4, -0.2) is 38.1 Å². The zero-order chi connectivity index (χ0) is 12.0. The Morgan fingerprint density at radius 2 is 2.31 bits per heavy atom. The van der Waals surface area contributed by atoms with Crippen molar-refractivity contribution in [2.75, 3.05) is 19.8 Å². The Balaban J connectivity index is 2.28. The maximum atomic E-state index is 11.6. The standard InChI is InChI=1S/C9H17N3O3S/c1-8(2)6-15-4-3-12-16(13,14)9-5-10-7-11-9/h5,7-8,12H,3-4,6H2,1-2H3,(H,10,11). The highest BCUT2D eigenvalue weighted by atomic mass is 32.2. The van der Waals surface area contributed by atoms with Gasteiger partial charge in [-0.15, -0.1) is 0 Å². The van der Waals surface area contributed by atoms with Crippen LogP contribution in [-0.2, 0) is 14.8 Å². The number of rotatable bonds is 7. The Labute approximate surface area is 95.5 Å². The second-order valence-corrected chi connectivity index (χ2v) is 5.52. The third-order valence-corrected chi connectivity index (χ3v) is 3.14. The van der Waals surface area contributed by atoms with Crippen LogP contribution in [0.1, 0.15) is 13.8 Å². The molecule has 0 aliphatic rings. The number of aromatic amines is 1. The number of imidazole rings is 1. The molecule has 0 saturated carbocycles. The molecule has 1 rings (SSSR count). The molecular weight excluding hydrogens is 230 g/mol. The van der Waals surface area contributed by atoms with Crippen molar-refractivity contribution in [2.45, 2.75) is 18.9 Å². The predicted molar refractivity (Wildman–Crippen MR) is 59.4 cm³/mol. The van der Waals surface area contributed by atoms with E-state index in [1.54, 1.807) is 0 Å². The van der Waals surface area contributed by atoms with Gasteiger partial charge < -0.3 is 9.72 Å².